The van der Waals surface area contributed by atoms with Crippen LogP contribution in [-0.4, -0.2) is 39.9 Å². The van der Waals surface area contributed by atoms with Crippen LogP contribution in [0, 0.1) is 0 Å². The highest BCUT2D eigenvalue weighted by Crippen LogP contribution is 2.36. The van der Waals surface area contributed by atoms with Crippen LogP contribution >= 0.6 is 15.9 Å². The molecule has 140 valence electrons. The van der Waals surface area contributed by atoms with Gasteiger partial charge in [-0.1, -0.05) is 28.1 Å². The third kappa shape index (κ3) is 3.84. The minimum Gasteiger partial charge on any atom is -0.486 e. The average molecular weight is 429 g/mol. The zero-order valence-electron chi connectivity index (χ0n) is 15.3. The van der Waals surface area contributed by atoms with Gasteiger partial charge in [0.15, 0.2) is 11.5 Å². The lowest BCUT2D eigenvalue weighted by molar-refractivity contribution is 0.170. The maximum absolute atomic E-state index is 5.72. The van der Waals surface area contributed by atoms with E-state index in [1.807, 2.05) is 6.07 Å². The summed E-state index contributed by atoms with van der Waals surface area (Å²) in [5, 5.41) is 4.16. The Morgan fingerprint density at radius 1 is 1.15 bits per heavy atom. The molecule has 3 aromatic rings. The standard InChI is InChI=1S/C20H21BrN4O2/c1-14(15-3-5-17(6-4-15)25-13-22-12-23-25)24(2)11-16-9-19-20(10-18(16)21)27-8-7-26-19/h3-6,9-10,12-14H,7-8,11H2,1-2H3. The number of hydrogen-bond acceptors (Lipinski definition) is 5. The normalized spacial score (nSPS) is 14.4. The van der Waals surface area contributed by atoms with E-state index in [1.54, 1.807) is 11.0 Å². The monoisotopic (exact) mass is 428 g/mol. The Bertz CT molecular complexity index is 912. The number of fused-ring (bicyclic) bond motifs is 1. The van der Waals surface area contributed by atoms with Gasteiger partial charge in [-0.25, -0.2) is 9.67 Å². The number of ether oxygens (including phenoxy) is 2. The largest absolute Gasteiger partial charge is 0.486 e. The Labute approximate surface area is 166 Å². The molecule has 1 aromatic heterocycles. The van der Waals surface area contributed by atoms with Gasteiger partial charge < -0.3 is 9.47 Å². The molecule has 0 saturated carbocycles. The summed E-state index contributed by atoms with van der Waals surface area (Å²) in [5.41, 5.74) is 3.42. The van der Waals surface area contributed by atoms with Crippen molar-refractivity contribution in [2.24, 2.45) is 0 Å². The lowest BCUT2D eigenvalue weighted by Crippen LogP contribution is -2.22. The number of rotatable bonds is 5. The zero-order valence-corrected chi connectivity index (χ0v) is 16.9. The fourth-order valence-corrected chi connectivity index (χ4v) is 3.58. The first-order valence-corrected chi connectivity index (χ1v) is 9.64. The van der Waals surface area contributed by atoms with E-state index in [4.69, 9.17) is 9.47 Å². The van der Waals surface area contributed by atoms with E-state index in [0.717, 1.165) is 28.2 Å². The van der Waals surface area contributed by atoms with Crippen LogP contribution in [0.25, 0.3) is 5.69 Å². The Hall–Kier alpha value is -2.38. The summed E-state index contributed by atoms with van der Waals surface area (Å²) in [6, 6.07) is 12.7. The highest BCUT2D eigenvalue weighted by Gasteiger charge is 2.18. The van der Waals surface area contributed by atoms with Crippen LogP contribution in [0.1, 0.15) is 24.1 Å². The number of aromatic nitrogens is 3. The molecule has 0 N–H and O–H groups in total. The smallest absolute Gasteiger partial charge is 0.162 e. The highest BCUT2D eigenvalue weighted by atomic mass is 79.9. The van der Waals surface area contributed by atoms with E-state index < -0.39 is 0 Å². The van der Waals surface area contributed by atoms with E-state index in [1.165, 1.54) is 17.5 Å². The van der Waals surface area contributed by atoms with Crippen molar-refractivity contribution in [3.8, 4) is 17.2 Å². The van der Waals surface area contributed by atoms with Crippen LogP contribution < -0.4 is 9.47 Å². The molecule has 0 saturated heterocycles. The van der Waals surface area contributed by atoms with Crippen molar-refractivity contribution in [3.63, 3.8) is 0 Å². The second kappa shape index (κ2) is 7.70. The second-order valence-corrected chi connectivity index (χ2v) is 7.46. The molecule has 2 aromatic carbocycles. The predicted molar refractivity (Wildman–Crippen MR) is 106 cm³/mol. The maximum Gasteiger partial charge on any atom is 0.162 e. The van der Waals surface area contributed by atoms with Crippen molar-refractivity contribution in [1.82, 2.24) is 19.7 Å². The van der Waals surface area contributed by atoms with E-state index in [0.29, 0.717) is 13.2 Å². The SMILES string of the molecule is CC(c1ccc(-n2cncn2)cc1)N(C)Cc1cc2c(cc1Br)OCCO2. The molecule has 1 unspecified atom stereocenters. The third-order valence-corrected chi connectivity index (χ3v) is 5.59. The fourth-order valence-electron chi connectivity index (χ4n) is 3.13. The minimum absolute atomic E-state index is 0.259. The summed E-state index contributed by atoms with van der Waals surface area (Å²) in [6.45, 7) is 4.19. The molecule has 0 radical (unpaired) electrons. The molecule has 0 aliphatic carbocycles. The number of hydrogen-bond donors (Lipinski definition) is 0. The van der Waals surface area contributed by atoms with Crippen LogP contribution in [0.4, 0.5) is 0 Å². The molecule has 0 bridgehead atoms. The summed E-state index contributed by atoms with van der Waals surface area (Å²) in [5.74, 6) is 1.62. The van der Waals surface area contributed by atoms with Crippen LogP contribution in [0.5, 0.6) is 11.5 Å². The first-order chi connectivity index (χ1) is 13.1. The van der Waals surface area contributed by atoms with Gasteiger partial charge in [0.25, 0.3) is 0 Å². The van der Waals surface area contributed by atoms with Crippen molar-refractivity contribution in [2.45, 2.75) is 19.5 Å². The molecule has 0 spiro atoms. The summed E-state index contributed by atoms with van der Waals surface area (Å²) < 4.78 is 14.1. The summed E-state index contributed by atoms with van der Waals surface area (Å²) in [4.78, 5) is 6.30. The zero-order chi connectivity index (χ0) is 18.8. The van der Waals surface area contributed by atoms with Crippen LogP contribution in [-0.2, 0) is 6.54 Å². The van der Waals surface area contributed by atoms with Gasteiger partial charge in [0.1, 0.15) is 25.9 Å². The van der Waals surface area contributed by atoms with Gasteiger partial charge in [0.05, 0.1) is 5.69 Å². The molecule has 1 atom stereocenters. The Kier molecular flexibility index (Phi) is 5.13. The van der Waals surface area contributed by atoms with Gasteiger partial charge in [-0.15, -0.1) is 0 Å². The topological polar surface area (TPSA) is 52.4 Å². The highest BCUT2D eigenvalue weighted by molar-refractivity contribution is 9.10. The number of nitrogens with zero attached hydrogens (tertiary/aromatic N) is 4. The Morgan fingerprint density at radius 3 is 2.52 bits per heavy atom. The molecule has 7 heteroatoms. The lowest BCUT2D eigenvalue weighted by Gasteiger charge is -2.27. The number of halogens is 1. The van der Waals surface area contributed by atoms with Crippen LogP contribution in [0.2, 0.25) is 0 Å². The van der Waals surface area contributed by atoms with Crippen molar-refractivity contribution in [3.05, 3.63) is 64.7 Å². The second-order valence-electron chi connectivity index (χ2n) is 6.61. The molecular formula is C20H21BrN4O2. The molecule has 0 fully saturated rings. The first-order valence-electron chi connectivity index (χ1n) is 8.85. The third-order valence-electron chi connectivity index (χ3n) is 4.85. The summed E-state index contributed by atoms with van der Waals surface area (Å²) in [6.07, 6.45) is 3.24. The summed E-state index contributed by atoms with van der Waals surface area (Å²) in [7, 11) is 2.12. The van der Waals surface area contributed by atoms with Crippen molar-refractivity contribution in [1.29, 1.82) is 0 Å². The number of benzene rings is 2. The average Bonchev–Trinajstić information content (AvgIpc) is 3.23. The first kappa shape index (κ1) is 18.0. The molecular weight excluding hydrogens is 408 g/mol. The molecule has 1 aliphatic rings. The van der Waals surface area contributed by atoms with Crippen molar-refractivity contribution >= 4 is 15.9 Å². The van der Waals surface area contributed by atoms with E-state index in [-0.39, 0.29) is 6.04 Å². The van der Waals surface area contributed by atoms with E-state index in [2.05, 4.69) is 75.2 Å². The van der Waals surface area contributed by atoms with Gasteiger partial charge in [-0.2, -0.15) is 5.10 Å². The van der Waals surface area contributed by atoms with Crippen LogP contribution in [0.3, 0.4) is 0 Å². The van der Waals surface area contributed by atoms with Crippen molar-refractivity contribution < 1.29 is 9.47 Å². The Morgan fingerprint density at radius 2 is 1.85 bits per heavy atom. The maximum atomic E-state index is 5.72. The molecule has 6 nitrogen and oxygen atoms in total. The summed E-state index contributed by atoms with van der Waals surface area (Å²) >= 11 is 3.66. The molecule has 0 amide bonds. The van der Waals surface area contributed by atoms with Gasteiger partial charge >= 0.3 is 0 Å². The predicted octanol–water partition coefficient (Wildman–Crippen LogP) is 3.99. The van der Waals surface area contributed by atoms with Gasteiger partial charge in [0.2, 0.25) is 0 Å². The molecule has 4 rings (SSSR count). The molecule has 2 heterocycles. The quantitative estimate of drug-likeness (QED) is 0.614. The molecule has 27 heavy (non-hydrogen) atoms. The van der Waals surface area contributed by atoms with E-state index in [9.17, 15) is 0 Å². The fraction of sp³-hybridized carbons (Fsp3) is 0.300. The Balaban J connectivity index is 1.48. The van der Waals surface area contributed by atoms with E-state index >= 15 is 0 Å². The van der Waals surface area contributed by atoms with Gasteiger partial charge in [-0.3, -0.25) is 4.90 Å². The van der Waals surface area contributed by atoms with Crippen LogP contribution in [0.15, 0.2) is 53.5 Å². The van der Waals surface area contributed by atoms with Crippen molar-refractivity contribution in [2.75, 3.05) is 20.3 Å². The minimum atomic E-state index is 0.259. The molecule has 1 aliphatic heterocycles. The van der Waals surface area contributed by atoms with Gasteiger partial charge in [-0.05, 0) is 49.4 Å². The lowest BCUT2D eigenvalue weighted by atomic mass is 10.1. The van der Waals surface area contributed by atoms with Gasteiger partial charge in [0, 0.05) is 17.1 Å².